The van der Waals surface area contributed by atoms with Gasteiger partial charge >= 0.3 is 0 Å². The van der Waals surface area contributed by atoms with E-state index in [1.165, 1.54) is 42.6 Å². The summed E-state index contributed by atoms with van der Waals surface area (Å²) in [6, 6.07) is 10.3. The first-order valence-electron chi connectivity index (χ1n) is 9.41. The average Bonchev–Trinajstić information content (AvgIpc) is 3.44. The van der Waals surface area contributed by atoms with E-state index in [1.54, 1.807) is 11.3 Å². The Morgan fingerprint density at radius 1 is 1.11 bits per heavy atom. The molecule has 0 atom stereocenters. The van der Waals surface area contributed by atoms with Crippen LogP contribution in [0.3, 0.4) is 0 Å². The number of nitrogens with zero attached hydrogens (tertiary/aromatic N) is 4. The van der Waals surface area contributed by atoms with E-state index in [4.69, 9.17) is 9.40 Å². The number of likely N-dealkylation sites (tertiary alicyclic amines) is 1. The largest absolute Gasteiger partial charge is 0.410 e. The number of hydrogen-bond donors (Lipinski definition) is 1. The molecular weight excluding hydrogens is 390 g/mol. The lowest BCUT2D eigenvalue weighted by molar-refractivity contribution is -0.902. The van der Waals surface area contributed by atoms with E-state index in [0.29, 0.717) is 11.1 Å². The van der Waals surface area contributed by atoms with Crippen molar-refractivity contribution in [3.8, 4) is 11.1 Å². The van der Waals surface area contributed by atoms with Crippen LogP contribution >= 0.6 is 23.1 Å². The summed E-state index contributed by atoms with van der Waals surface area (Å²) >= 11 is 3.07. The summed E-state index contributed by atoms with van der Waals surface area (Å²) in [7, 11) is 0. The molecule has 0 saturated carbocycles. The monoisotopic (exact) mass is 410 g/mol. The molecule has 1 fully saturated rings. The molecule has 142 valence electrons. The Balaban J connectivity index is 1.48. The number of aryl methyl sites for hydroxylation is 1. The van der Waals surface area contributed by atoms with Gasteiger partial charge in [-0.2, -0.15) is 0 Å². The normalized spacial score (nSPS) is 14.9. The number of nitrogens with one attached hydrogen (secondary N) is 1. The summed E-state index contributed by atoms with van der Waals surface area (Å²) in [4.78, 5) is 11.8. The summed E-state index contributed by atoms with van der Waals surface area (Å²) in [5.74, 6) is 1.45. The van der Waals surface area contributed by atoms with Crippen LogP contribution in [0.1, 0.15) is 24.6 Å². The number of thiophene rings is 1. The molecule has 8 heteroatoms. The fourth-order valence-corrected chi connectivity index (χ4v) is 5.54. The molecule has 1 saturated heterocycles. The molecule has 0 unspecified atom stereocenters. The van der Waals surface area contributed by atoms with E-state index in [1.807, 2.05) is 25.1 Å². The molecule has 0 spiro atoms. The van der Waals surface area contributed by atoms with Crippen molar-refractivity contribution >= 4 is 33.3 Å². The van der Waals surface area contributed by atoms with Crippen LogP contribution in [0, 0.1) is 6.92 Å². The minimum Gasteiger partial charge on any atom is -0.410 e. The lowest BCUT2D eigenvalue weighted by Crippen LogP contribution is -3.08. The highest BCUT2D eigenvalue weighted by Crippen LogP contribution is 2.40. The van der Waals surface area contributed by atoms with Crippen LogP contribution in [0.2, 0.25) is 0 Å². The molecule has 4 aromatic rings. The Labute approximate surface area is 171 Å². The summed E-state index contributed by atoms with van der Waals surface area (Å²) in [5.41, 5.74) is 2.30. The summed E-state index contributed by atoms with van der Waals surface area (Å²) < 4.78 is 5.92. The molecular formula is C20H20N5OS2+. The van der Waals surface area contributed by atoms with E-state index in [-0.39, 0.29) is 0 Å². The summed E-state index contributed by atoms with van der Waals surface area (Å²) in [6.07, 6.45) is 2.56. The van der Waals surface area contributed by atoms with Gasteiger partial charge in [-0.15, -0.1) is 21.5 Å². The third kappa shape index (κ3) is 3.55. The van der Waals surface area contributed by atoms with Crippen LogP contribution in [-0.2, 0) is 6.54 Å². The van der Waals surface area contributed by atoms with Gasteiger partial charge in [-0.1, -0.05) is 30.3 Å². The second kappa shape index (κ2) is 7.62. The van der Waals surface area contributed by atoms with Crippen LogP contribution in [0.4, 0.5) is 0 Å². The molecule has 4 heterocycles. The molecule has 3 aromatic heterocycles. The van der Waals surface area contributed by atoms with Gasteiger partial charge in [0.25, 0.3) is 11.1 Å². The zero-order chi connectivity index (χ0) is 18.9. The highest BCUT2D eigenvalue weighted by atomic mass is 32.2. The van der Waals surface area contributed by atoms with Crippen LogP contribution in [0.15, 0.2) is 50.4 Å². The molecule has 0 amide bonds. The van der Waals surface area contributed by atoms with Crippen molar-refractivity contribution < 1.29 is 9.32 Å². The van der Waals surface area contributed by atoms with Crippen LogP contribution < -0.4 is 4.90 Å². The zero-order valence-electron chi connectivity index (χ0n) is 15.5. The Bertz CT molecular complexity index is 1100. The standard InChI is InChI=1S/C20H19N5OS2/c1-13-21-18-17(15(12-27-18)14-7-3-2-4-8-14)19(22-13)28-20-24-23-16(26-20)11-25-9-5-6-10-25/h2-4,7-8,12H,5-6,9-11H2,1H3/p+1. The van der Waals surface area contributed by atoms with Crippen molar-refractivity contribution in [1.82, 2.24) is 20.2 Å². The maximum atomic E-state index is 5.92. The second-order valence-corrected chi connectivity index (χ2v) is 8.77. The van der Waals surface area contributed by atoms with E-state index in [9.17, 15) is 0 Å². The molecule has 0 aliphatic carbocycles. The molecule has 6 nitrogen and oxygen atoms in total. The maximum Gasteiger partial charge on any atom is 0.283 e. The lowest BCUT2D eigenvalue weighted by atomic mass is 10.1. The number of quaternary nitrogens is 1. The maximum absolute atomic E-state index is 5.92. The van der Waals surface area contributed by atoms with E-state index >= 15 is 0 Å². The smallest absolute Gasteiger partial charge is 0.283 e. The third-order valence-electron chi connectivity index (χ3n) is 4.94. The molecule has 1 aromatic carbocycles. The average molecular weight is 411 g/mol. The first-order chi connectivity index (χ1) is 13.8. The predicted octanol–water partition coefficient (Wildman–Crippen LogP) is 3.38. The van der Waals surface area contributed by atoms with E-state index < -0.39 is 0 Å². The molecule has 1 aliphatic heterocycles. The van der Waals surface area contributed by atoms with Gasteiger partial charge < -0.3 is 9.32 Å². The van der Waals surface area contributed by atoms with Crippen molar-refractivity contribution in [2.45, 2.75) is 36.6 Å². The van der Waals surface area contributed by atoms with Crippen molar-refractivity contribution in [2.24, 2.45) is 0 Å². The Kier molecular flexibility index (Phi) is 4.84. The highest BCUT2D eigenvalue weighted by molar-refractivity contribution is 7.99. The molecule has 0 radical (unpaired) electrons. The lowest BCUT2D eigenvalue weighted by Gasteiger charge is -2.07. The molecule has 5 rings (SSSR count). The fraction of sp³-hybridized carbons (Fsp3) is 0.300. The van der Waals surface area contributed by atoms with Crippen molar-refractivity contribution in [2.75, 3.05) is 13.1 Å². The van der Waals surface area contributed by atoms with Gasteiger partial charge in [-0.25, -0.2) is 9.97 Å². The molecule has 0 bridgehead atoms. The minimum absolute atomic E-state index is 0.540. The van der Waals surface area contributed by atoms with E-state index in [2.05, 4.69) is 32.7 Å². The third-order valence-corrected chi connectivity index (χ3v) is 6.64. The fourth-order valence-electron chi connectivity index (χ4n) is 3.61. The quantitative estimate of drug-likeness (QED) is 0.509. The first kappa shape index (κ1) is 17.8. The molecule has 1 N–H and O–H groups in total. The topological polar surface area (TPSA) is 69.1 Å². The summed E-state index contributed by atoms with van der Waals surface area (Å²) in [5, 5.41) is 13.1. The van der Waals surface area contributed by atoms with Gasteiger partial charge in [-0.05, 0) is 24.2 Å². The van der Waals surface area contributed by atoms with Gasteiger partial charge in [0.2, 0.25) is 0 Å². The Morgan fingerprint density at radius 3 is 2.75 bits per heavy atom. The van der Waals surface area contributed by atoms with Gasteiger partial charge in [0.05, 0.1) is 18.5 Å². The SMILES string of the molecule is Cc1nc(Sc2nnc(C[NH+]3CCCC3)o2)c2c(-c3ccccc3)csc2n1. The summed E-state index contributed by atoms with van der Waals surface area (Å²) in [6.45, 7) is 5.10. The number of rotatable bonds is 5. The number of fused-ring (bicyclic) bond motifs is 1. The van der Waals surface area contributed by atoms with Crippen LogP contribution in [-0.4, -0.2) is 33.3 Å². The Morgan fingerprint density at radius 2 is 1.93 bits per heavy atom. The van der Waals surface area contributed by atoms with Crippen LogP contribution in [0.25, 0.3) is 21.3 Å². The number of benzene rings is 1. The van der Waals surface area contributed by atoms with Crippen molar-refractivity contribution in [1.29, 1.82) is 0 Å². The van der Waals surface area contributed by atoms with Crippen LogP contribution in [0.5, 0.6) is 0 Å². The Hall–Kier alpha value is -2.29. The van der Waals surface area contributed by atoms with Gasteiger partial charge in [0.1, 0.15) is 15.7 Å². The minimum atomic E-state index is 0.540. The second-order valence-electron chi connectivity index (χ2n) is 6.97. The van der Waals surface area contributed by atoms with Gasteiger partial charge in [-0.3, -0.25) is 0 Å². The molecule has 28 heavy (non-hydrogen) atoms. The van der Waals surface area contributed by atoms with Gasteiger partial charge in [0, 0.05) is 23.8 Å². The van der Waals surface area contributed by atoms with E-state index in [0.717, 1.165) is 38.7 Å². The number of hydrogen-bond acceptors (Lipinski definition) is 7. The molecule has 1 aliphatic rings. The van der Waals surface area contributed by atoms with Crippen molar-refractivity contribution in [3.05, 3.63) is 47.4 Å². The van der Waals surface area contributed by atoms with Crippen molar-refractivity contribution in [3.63, 3.8) is 0 Å². The van der Waals surface area contributed by atoms with Gasteiger partial charge in [0.15, 0.2) is 6.54 Å². The first-order valence-corrected chi connectivity index (χ1v) is 11.1. The zero-order valence-corrected chi connectivity index (χ0v) is 17.1. The highest BCUT2D eigenvalue weighted by Gasteiger charge is 2.21. The number of aromatic nitrogens is 4. The predicted molar refractivity (Wildman–Crippen MR) is 110 cm³/mol.